The highest BCUT2D eigenvalue weighted by Gasteiger charge is 2.32. The van der Waals surface area contributed by atoms with Gasteiger partial charge in [0.1, 0.15) is 5.75 Å². The van der Waals surface area contributed by atoms with Crippen LogP contribution in [0.4, 0.5) is 22.0 Å². The predicted molar refractivity (Wildman–Crippen MR) is 119 cm³/mol. The minimum atomic E-state index is -4.82. The van der Waals surface area contributed by atoms with E-state index in [0.717, 1.165) is 25.0 Å². The molecule has 0 spiro atoms. The molecule has 0 saturated heterocycles. The summed E-state index contributed by atoms with van der Waals surface area (Å²) in [4.78, 5) is 0. The standard InChI is InChI=1S/C26H33F5O2/c1-2-3-4-5-6-7-8-9-10-21-11-13-23(14-12-21)20-32-25(27,28)19-22-15-17-24(18-16-22)33-26(29,30)31/h11-18H,2-10,19-20H2,1H3. The SMILES string of the molecule is CCCCCCCCCCc1ccc(COC(F)(F)Cc2ccc(OC(F)(F)F)cc2)cc1. The minimum Gasteiger partial charge on any atom is -0.406 e. The molecule has 0 radical (unpaired) electrons. The fourth-order valence-electron chi connectivity index (χ4n) is 3.55. The second-order valence-electron chi connectivity index (χ2n) is 8.34. The number of ether oxygens (including phenoxy) is 2. The minimum absolute atomic E-state index is 0.148. The Morgan fingerprint density at radius 1 is 0.636 bits per heavy atom. The first-order valence-electron chi connectivity index (χ1n) is 11.6. The molecule has 0 bridgehead atoms. The lowest BCUT2D eigenvalue weighted by Crippen LogP contribution is -2.23. The summed E-state index contributed by atoms with van der Waals surface area (Å²) in [6.45, 7) is 1.96. The third-order valence-electron chi connectivity index (χ3n) is 5.36. The smallest absolute Gasteiger partial charge is 0.406 e. The Morgan fingerprint density at radius 3 is 1.73 bits per heavy atom. The lowest BCUT2D eigenvalue weighted by Gasteiger charge is -2.17. The molecule has 0 unspecified atom stereocenters. The van der Waals surface area contributed by atoms with Crippen LogP contribution in [0.5, 0.6) is 5.75 Å². The number of hydrogen-bond acceptors (Lipinski definition) is 2. The first-order valence-corrected chi connectivity index (χ1v) is 11.6. The summed E-state index contributed by atoms with van der Waals surface area (Å²) in [6, 6.07) is 11.8. The average molecular weight is 473 g/mol. The van der Waals surface area contributed by atoms with Gasteiger partial charge in [0.25, 0.3) is 0 Å². The summed E-state index contributed by atoms with van der Waals surface area (Å²) in [5.74, 6) is -0.456. The molecule has 2 rings (SSSR count). The maximum atomic E-state index is 14.1. The largest absolute Gasteiger partial charge is 0.573 e. The predicted octanol–water partition coefficient (Wildman–Crippen LogP) is 8.62. The first kappa shape index (κ1) is 27.1. The quantitative estimate of drug-likeness (QED) is 0.191. The molecular weight excluding hydrogens is 439 g/mol. The van der Waals surface area contributed by atoms with Gasteiger partial charge in [0.15, 0.2) is 0 Å². The normalized spacial score (nSPS) is 12.2. The van der Waals surface area contributed by atoms with Crippen molar-refractivity contribution in [2.45, 2.75) is 90.2 Å². The highest BCUT2D eigenvalue weighted by Crippen LogP contribution is 2.27. The monoisotopic (exact) mass is 472 g/mol. The number of aryl methyl sites for hydroxylation is 1. The van der Waals surface area contributed by atoms with E-state index in [0.29, 0.717) is 5.56 Å². The molecule has 7 heteroatoms. The summed E-state index contributed by atoms with van der Waals surface area (Å²) in [5, 5.41) is 0. The zero-order valence-electron chi connectivity index (χ0n) is 19.1. The molecule has 0 aliphatic heterocycles. The molecule has 0 N–H and O–H groups in total. The molecule has 0 saturated carbocycles. The van der Waals surface area contributed by atoms with E-state index in [1.807, 2.05) is 12.1 Å². The Bertz CT molecular complexity index is 786. The number of benzene rings is 2. The van der Waals surface area contributed by atoms with Gasteiger partial charge >= 0.3 is 12.5 Å². The molecule has 0 amide bonds. The van der Waals surface area contributed by atoms with Gasteiger partial charge in [-0.3, -0.25) is 0 Å². The number of rotatable bonds is 15. The first-order chi connectivity index (χ1) is 15.7. The van der Waals surface area contributed by atoms with Crippen molar-refractivity contribution in [2.24, 2.45) is 0 Å². The van der Waals surface area contributed by atoms with Crippen molar-refractivity contribution in [3.05, 3.63) is 65.2 Å². The number of alkyl halides is 5. The van der Waals surface area contributed by atoms with Gasteiger partial charge in [0.2, 0.25) is 0 Å². The highest BCUT2D eigenvalue weighted by molar-refractivity contribution is 5.28. The molecule has 33 heavy (non-hydrogen) atoms. The van der Waals surface area contributed by atoms with Crippen LogP contribution >= 0.6 is 0 Å². The number of unbranched alkanes of at least 4 members (excludes halogenated alkanes) is 7. The van der Waals surface area contributed by atoms with Crippen LogP contribution in [-0.4, -0.2) is 12.5 Å². The molecule has 0 aliphatic carbocycles. The van der Waals surface area contributed by atoms with Crippen LogP contribution in [0.25, 0.3) is 0 Å². The van der Waals surface area contributed by atoms with E-state index in [-0.39, 0.29) is 12.2 Å². The molecule has 0 atom stereocenters. The third kappa shape index (κ3) is 12.0. The maximum absolute atomic E-state index is 14.1. The van der Waals surface area contributed by atoms with E-state index < -0.39 is 24.6 Å². The van der Waals surface area contributed by atoms with Crippen molar-refractivity contribution in [3.63, 3.8) is 0 Å². The summed E-state index contributed by atoms with van der Waals surface area (Å²) < 4.78 is 73.3. The maximum Gasteiger partial charge on any atom is 0.573 e. The van der Waals surface area contributed by atoms with Crippen molar-refractivity contribution >= 4 is 0 Å². The van der Waals surface area contributed by atoms with E-state index in [4.69, 9.17) is 4.74 Å². The van der Waals surface area contributed by atoms with E-state index >= 15 is 0 Å². The van der Waals surface area contributed by atoms with Gasteiger partial charge in [-0.1, -0.05) is 88.3 Å². The van der Waals surface area contributed by atoms with Crippen LogP contribution in [0.2, 0.25) is 0 Å². The molecule has 2 aromatic carbocycles. The highest BCUT2D eigenvalue weighted by atomic mass is 19.4. The van der Waals surface area contributed by atoms with Crippen molar-refractivity contribution < 1.29 is 31.4 Å². The second-order valence-corrected chi connectivity index (χ2v) is 8.34. The van der Waals surface area contributed by atoms with Gasteiger partial charge in [-0.05, 0) is 41.7 Å². The van der Waals surface area contributed by atoms with E-state index in [9.17, 15) is 22.0 Å². The Labute approximate surface area is 193 Å². The van der Waals surface area contributed by atoms with Crippen molar-refractivity contribution in [2.75, 3.05) is 0 Å². The van der Waals surface area contributed by atoms with Gasteiger partial charge in [0.05, 0.1) is 13.0 Å². The fraction of sp³-hybridized carbons (Fsp3) is 0.538. The van der Waals surface area contributed by atoms with Crippen LogP contribution < -0.4 is 4.74 Å². The van der Waals surface area contributed by atoms with Gasteiger partial charge in [0, 0.05) is 0 Å². The lowest BCUT2D eigenvalue weighted by atomic mass is 10.0. The van der Waals surface area contributed by atoms with Crippen LogP contribution in [0.15, 0.2) is 48.5 Å². The van der Waals surface area contributed by atoms with E-state index in [1.54, 1.807) is 12.1 Å². The Kier molecular flexibility index (Phi) is 11.1. The molecule has 2 nitrogen and oxygen atoms in total. The van der Waals surface area contributed by atoms with Crippen molar-refractivity contribution in [1.29, 1.82) is 0 Å². The Hall–Kier alpha value is -2.15. The van der Waals surface area contributed by atoms with Gasteiger partial charge in [-0.2, -0.15) is 8.78 Å². The van der Waals surface area contributed by atoms with E-state index in [1.165, 1.54) is 62.6 Å². The van der Waals surface area contributed by atoms with Crippen molar-refractivity contribution in [3.8, 4) is 5.75 Å². The van der Waals surface area contributed by atoms with Gasteiger partial charge in [-0.25, -0.2) is 0 Å². The number of hydrogen-bond donors (Lipinski definition) is 0. The van der Waals surface area contributed by atoms with Gasteiger partial charge < -0.3 is 9.47 Å². The lowest BCUT2D eigenvalue weighted by molar-refractivity contribution is -0.274. The average Bonchev–Trinajstić information content (AvgIpc) is 2.75. The Balaban J connectivity index is 1.69. The van der Waals surface area contributed by atoms with Gasteiger partial charge in [-0.15, -0.1) is 13.2 Å². The third-order valence-corrected chi connectivity index (χ3v) is 5.36. The van der Waals surface area contributed by atoms with Crippen LogP contribution in [0, 0.1) is 0 Å². The number of halogens is 5. The zero-order valence-corrected chi connectivity index (χ0v) is 19.1. The molecule has 0 heterocycles. The summed E-state index contributed by atoms with van der Waals surface area (Å²) in [7, 11) is 0. The van der Waals surface area contributed by atoms with Crippen LogP contribution in [0.1, 0.15) is 75.0 Å². The fourth-order valence-corrected chi connectivity index (χ4v) is 3.55. The molecule has 0 fully saturated rings. The van der Waals surface area contributed by atoms with Crippen LogP contribution in [0.3, 0.4) is 0 Å². The van der Waals surface area contributed by atoms with Crippen molar-refractivity contribution in [1.82, 2.24) is 0 Å². The topological polar surface area (TPSA) is 18.5 Å². The molecule has 0 aromatic heterocycles. The zero-order chi connectivity index (χ0) is 24.2. The second kappa shape index (κ2) is 13.5. The van der Waals surface area contributed by atoms with E-state index in [2.05, 4.69) is 11.7 Å². The summed E-state index contributed by atoms with van der Waals surface area (Å²) in [6.07, 6.45) is 2.04. The Morgan fingerprint density at radius 2 is 1.15 bits per heavy atom. The molecular formula is C26H33F5O2. The summed E-state index contributed by atoms with van der Waals surface area (Å²) >= 11 is 0. The molecule has 0 aliphatic rings. The van der Waals surface area contributed by atoms with Crippen LogP contribution in [-0.2, 0) is 24.2 Å². The molecule has 184 valence electrons. The molecule has 2 aromatic rings. The summed E-state index contributed by atoms with van der Waals surface area (Å²) in [5.41, 5.74) is 1.97.